The number of anilines is 5. The van der Waals surface area contributed by atoms with E-state index < -0.39 is 0 Å². The molecule has 0 radical (unpaired) electrons. The van der Waals surface area contributed by atoms with Crippen molar-refractivity contribution in [3.63, 3.8) is 0 Å². The van der Waals surface area contributed by atoms with E-state index in [-0.39, 0.29) is 0 Å². The molecular formula is C47H32N4OS. The van der Waals surface area contributed by atoms with E-state index in [1.807, 2.05) is 48.1 Å². The number of aromatic nitrogens is 2. The molecule has 0 saturated heterocycles. The topological polar surface area (TPSA) is 54.2 Å². The summed E-state index contributed by atoms with van der Waals surface area (Å²) in [6, 6.07) is 51.5. The van der Waals surface area contributed by atoms with E-state index in [1.165, 1.54) is 25.7 Å². The number of nitrogens with zero attached hydrogens (tertiary/aromatic N) is 3. The summed E-state index contributed by atoms with van der Waals surface area (Å²) in [5.41, 5.74) is 12.5. The minimum atomic E-state index is 0.877. The van der Waals surface area contributed by atoms with Gasteiger partial charge < -0.3 is 14.6 Å². The fraction of sp³-hybridized carbons (Fsp3) is 0.0213. The lowest BCUT2D eigenvalue weighted by atomic mass is 10.0. The first kappa shape index (κ1) is 31.0. The Kier molecular flexibility index (Phi) is 7.48. The molecule has 6 heteroatoms. The predicted octanol–water partition coefficient (Wildman–Crippen LogP) is 13.6. The van der Waals surface area contributed by atoms with E-state index in [1.54, 1.807) is 6.20 Å². The number of hydrogen-bond acceptors (Lipinski definition) is 6. The molecule has 0 aliphatic heterocycles. The lowest BCUT2D eigenvalue weighted by Gasteiger charge is -2.25. The Balaban J connectivity index is 1.02. The summed E-state index contributed by atoms with van der Waals surface area (Å²) in [7, 11) is 0. The fourth-order valence-corrected chi connectivity index (χ4v) is 8.44. The van der Waals surface area contributed by atoms with Gasteiger partial charge in [-0.2, -0.15) is 0 Å². The first-order valence-electron chi connectivity index (χ1n) is 17.6. The van der Waals surface area contributed by atoms with Crippen molar-refractivity contribution in [2.24, 2.45) is 0 Å². The smallest absolute Gasteiger partial charge is 0.159 e. The summed E-state index contributed by atoms with van der Waals surface area (Å²) in [4.78, 5) is 11.2. The Morgan fingerprint density at radius 2 is 1.26 bits per heavy atom. The van der Waals surface area contributed by atoms with Crippen LogP contribution in [0.15, 0.2) is 175 Å². The first-order valence-corrected chi connectivity index (χ1v) is 18.4. The second-order valence-electron chi connectivity index (χ2n) is 13.3. The maximum absolute atomic E-state index is 6.54. The third-order valence-electron chi connectivity index (χ3n) is 9.85. The monoisotopic (exact) mass is 700 g/mol. The molecule has 53 heavy (non-hydrogen) atoms. The zero-order chi connectivity index (χ0) is 35.3. The van der Waals surface area contributed by atoms with E-state index in [4.69, 9.17) is 4.42 Å². The molecule has 0 spiro atoms. The van der Waals surface area contributed by atoms with Crippen LogP contribution < -0.4 is 10.2 Å². The molecule has 0 aliphatic rings. The number of rotatable bonds is 7. The first-order chi connectivity index (χ1) is 26.1. The van der Waals surface area contributed by atoms with Gasteiger partial charge in [0.1, 0.15) is 5.58 Å². The molecule has 0 saturated carbocycles. The number of hydrogen-bond donors (Lipinski definition) is 1. The highest BCUT2D eigenvalue weighted by Gasteiger charge is 2.20. The number of thiophene rings is 1. The zero-order valence-electron chi connectivity index (χ0n) is 28.8. The Morgan fingerprint density at radius 1 is 0.528 bits per heavy atom. The van der Waals surface area contributed by atoms with E-state index in [0.29, 0.717) is 0 Å². The Labute approximate surface area is 310 Å². The number of benzene rings is 6. The Morgan fingerprint density at radius 3 is 2.15 bits per heavy atom. The standard InChI is InChI=1S/C47H32N4OS/c1-30-14-17-37(18-15-30)51(43-12-5-11-42-39-10-2-3-13-44(39)52-47(42)43)38-19-21-41-40-20-16-32(25-45(40)53-46(41)26-38)34-24-36(29-49-28-34)50-35-9-4-7-31(23-35)33-8-6-22-48-27-33/h2-29,50H,1H3. The molecule has 5 nitrogen and oxygen atoms in total. The van der Waals surface area contributed by atoms with Crippen molar-refractivity contribution in [3.05, 3.63) is 176 Å². The van der Waals surface area contributed by atoms with Gasteiger partial charge in [0.2, 0.25) is 0 Å². The van der Waals surface area contributed by atoms with E-state index in [0.717, 1.165) is 72.6 Å². The lowest BCUT2D eigenvalue weighted by Crippen LogP contribution is -2.10. The van der Waals surface area contributed by atoms with Crippen molar-refractivity contribution < 1.29 is 4.42 Å². The number of pyridine rings is 2. The second-order valence-corrected chi connectivity index (χ2v) is 14.4. The van der Waals surface area contributed by atoms with Crippen molar-refractivity contribution in [2.75, 3.05) is 10.2 Å². The molecule has 10 aromatic rings. The van der Waals surface area contributed by atoms with Crippen molar-refractivity contribution in [1.82, 2.24) is 9.97 Å². The average molecular weight is 701 g/mol. The molecule has 0 amide bonds. The van der Waals surface area contributed by atoms with Crippen LogP contribution in [-0.4, -0.2) is 9.97 Å². The van der Waals surface area contributed by atoms with Gasteiger partial charge in [-0.25, -0.2) is 0 Å². The Bertz CT molecular complexity index is 2950. The van der Waals surface area contributed by atoms with Gasteiger partial charge in [-0.15, -0.1) is 11.3 Å². The van der Waals surface area contributed by atoms with Crippen LogP contribution in [0.25, 0.3) is 64.4 Å². The number of nitrogens with one attached hydrogen (secondary N) is 1. The summed E-state index contributed by atoms with van der Waals surface area (Å²) < 4.78 is 9.00. The average Bonchev–Trinajstić information content (AvgIpc) is 3.77. The van der Waals surface area contributed by atoms with Crippen molar-refractivity contribution in [2.45, 2.75) is 6.92 Å². The van der Waals surface area contributed by atoms with Crippen LogP contribution in [0.2, 0.25) is 0 Å². The molecule has 6 aromatic carbocycles. The largest absolute Gasteiger partial charge is 0.454 e. The quantitative estimate of drug-likeness (QED) is 0.179. The summed E-state index contributed by atoms with van der Waals surface area (Å²) in [6.07, 6.45) is 7.48. The number of furan rings is 1. The summed E-state index contributed by atoms with van der Waals surface area (Å²) in [6.45, 7) is 2.12. The molecule has 0 fully saturated rings. The van der Waals surface area contributed by atoms with E-state index in [2.05, 4.69) is 155 Å². The number of aryl methyl sites for hydroxylation is 1. The van der Waals surface area contributed by atoms with Gasteiger partial charge in [-0.1, -0.05) is 84.4 Å². The number of para-hydroxylation sites is 2. The van der Waals surface area contributed by atoms with Gasteiger partial charge in [0.05, 0.1) is 17.6 Å². The highest BCUT2D eigenvalue weighted by molar-refractivity contribution is 7.25. The molecule has 1 N–H and O–H groups in total. The SMILES string of the molecule is Cc1ccc(N(c2ccc3c(c2)sc2cc(-c4cncc(Nc5cccc(-c6cccnc6)c5)c4)ccc23)c2cccc3c2oc2ccccc23)cc1. The third kappa shape index (κ3) is 5.66. The fourth-order valence-electron chi connectivity index (χ4n) is 7.26. The van der Waals surface area contributed by atoms with E-state index >= 15 is 0 Å². The molecule has 0 aliphatic carbocycles. The minimum absolute atomic E-state index is 0.877. The molecule has 252 valence electrons. The van der Waals surface area contributed by atoms with Crippen LogP contribution in [0.4, 0.5) is 28.4 Å². The van der Waals surface area contributed by atoms with Gasteiger partial charge in [0, 0.05) is 77.7 Å². The molecule has 0 unspecified atom stereocenters. The third-order valence-corrected chi connectivity index (χ3v) is 11.0. The second kappa shape index (κ2) is 12.8. The minimum Gasteiger partial charge on any atom is -0.454 e. The van der Waals surface area contributed by atoms with Crippen molar-refractivity contribution in [3.8, 4) is 22.3 Å². The molecule has 4 heterocycles. The van der Waals surface area contributed by atoms with E-state index in [9.17, 15) is 0 Å². The van der Waals surface area contributed by atoms with Crippen LogP contribution in [0.5, 0.6) is 0 Å². The number of fused-ring (bicyclic) bond motifs is 6. The highest BCUT2D eigenvalue weighted by atomic mass is 32.1. The zero-order valence-corrected chi connectivity index (χ0v) is 29.6. The van der Waals surface area contributed by atoms with Gasteiger partial charge in [0.15, 0.2) is 5.58 Å². The van der Waals surface area contributed by atoms with Gasteiger partial charge >= 0.3 is 0 Å². The van der Waals surface area contributed by atoms with Crippen LogP contribution in [0, 0.1) is 6.92 Å². The maximum atomic E-state index is 6.54. The van der Waals surface area contributed by atoms with Crippen LogP contribution >= 0.6 is 11.3 Å². The Hall–Kier alpha value is -6.76. The lowest BCUT2D eigenvalue weighted by molar-refractivity contribution is 0.669. The predicted molar refractivity (Wildman–Crippen MR) is 222 cm³/mol. The van der Waals surface area contributed by atoms with Crippen molar-refractivity contribution in [1.29, 1.82) is 0 Å². The molecule has 10 rings (SSSR count). The highest BCUT2D eigenvalue weighted by Crippen LogP contribution is 2.45. The summed E-state index contributed by atoms with van der Waals surface area (Å²) in [5.74, 6) is 0. The molecular weight excluding hydrogens is 669 g/mol. The normalized spacial score (nSPS) is 11.5. The van der Waals surface area contributed by atoms with Gasteiger partial charge in [0.25, 0.3) is 0 Å². The maximum Gasteiger partial charge on any atom is 0.159 e. The van der Waals surface area contributed by atoms with Gasteiger partial charge in [-0.05, 0) is 84.8 Å². The summed E-state index contributed by atoms with van der Waals surface area (Å²) in [5, 5.41) is 8.28. The van der Waals surface area contributed by atoms with Gasteiger partial charge in [-0.3, -0.25) is 9.97 Å². The van der Waals surface area contributed by atoms with Crippen molar-refractivity contribution >= 4 is 81.9 Å². The van der Waals surface area contributed by atoms with Crippen LogP contribution in [-0.2, 0) is 0 Å². The molecule has 4 aromatic heterocycles. The molecule has 0 atom stereocenters. The molecule has 0 bridgehead atoms. The van der Waals surface area contributed by atoms with Crippen LogP contribution in [0.3, 0.4) is 0 Å². The van der Waals surface area contributed by atoms with Crippen LogP contribution in [0.1, 0.15) is 5.56 Å². The summed E-state index contributed by atoms with van der Waals surface area (Å²) >= 11 is 1.82.